The Kier molecular flexibility index (Phi) is 7.14. The van der Waals surface area contributed by atoms with Crippen LogP contribution in [0.25, 0.3) is 111 Å². The van der Waals surface area contributed by atoms with Crippen LogP contribution in [0.3, 0.4) is 0 Å². The molecule has 0 fully saturated rings. The molecular weight excluding hydrogens is 671 g/mol. The summed E-state index contributed by atoms with van der Waals surface area (Å²) in [7, 11) is 0. The minimum absolute atomic E-state index is 0.594. The van der Waals surface area contributed by atoms with E-state index < -0.39 is 0 Å². The normalized spacial score (nSPS) is 11.6. The number of benzene rings is 9. The van der Waals surface area contributed by atoms with E-state index in [2.05, 4.69) is 170 Å². The third kappa shape index (κ3) is 5.34. The van der Waals surface area contributed by atoms with Crippen molar-refractivity contribution in [2.24, 2.45) is 0 Å². The van der Waals surface area contributed by atoms with Crippen LogP contribution in [0.1, 0.15) is 0 Å². The fraction of sp³-hybridized carbons (Fsp3) is 0. The van der Waals surface area contributed by atoms with Gasteiger partial charge in [-0.15, -0.1) is 0 Å². The SMILES string of the molecule is c1ccc(-c2ccc(-c3c4ccccc4cc4c3oc3cccc(-c5nc(-c6ccc7ccccc7c6)nc(-c6ccc7ccccc7c6)n5)c34)cc2)cc1. The molecule has 0 saturated heterocycles. The summed E-state index contributed by atoms with van der Waals surface area (Å²) in [6.07, 6.45) is 0. The number of aromatic nitrogens is 3. The van der Waals surface area contributed by atoms with Crippen LogP contribution < -0.4 is 0 Å². The zero-order valence-electron chi connectivity index (χ0n) is 29.6. The Morgan fingerprint density at radius 3 is 1.53 bits per heavy atom. The van der Waals surface area contributed by atoms with Crippen LogP contribution in [-0.4, -0.2) is 15.0 Å². The number of hydrogen-bond acceptors (Lipinski definition) is 4. The standard InChI is InChI=1S/C51H31N3O/c1-2-11-32(12-3-1)35-21-25-36(26-22-35)46-42-18-9-8-17-39(42)31-44-47-43(19-10-20-45(47)55-48(44)46)51-53-49(40-27-23-33-13-4-6-15-37(33)29-40)52-50(54-51)41-28-24-34-14-5-7-16-38(34)30-41/h1-31H. The molecule has 0 unspecified atom stereocenters. The van der Waals surface area contributed by atoms with Crippen molar-refractivity contribution in [1.29, 1.82) is 0 Å². The minimum atomic E-state index is 0.594. The van der Waals surface area contributed by atoms with Gasteiger partial charge >= 0.3 is 0 Å². The van der Waals surface area contributed by atoms with Crippen molar-refractivity contribution >= 4 is 54.3 Å². The Balaban J connectivity index is 1.15. The average Bonchev–Trinajstić information content (AvgIpc) is 3.63. The lowest BCUT2D eigenvalue weighted by atomic mass is 9.93. The van der Waals surface area contributed by atoms with E-state index in [4.69, 9.17) is 19.4 Å². The Bertz CT molecular complexity index is 3160. The van der Waals surface area contributed by atoms with Crippen LogP contribution >= 0.6 is 0 Å². The molecule has 11 rings (SSSR count). The van der Waals surface area contributed by atoms with Gasteiger partial charge < -0.3 is 4.42 Å². The van der Waals surface area contributed by atoms with Gasteiger partial charge in [0.25, 0.3) is 0 Å². The highest BCUT2D eigenvalue weighted by molar-refractivity contribution is 6.21. The van der Waals surface area contributed by atoms with Crippen LogP contribution in [0, 0.1) is 0 Å². The van der Waals surface area contributed by atoms with Crippen LogP contribution in [0.5, 0.6) is 0 Å². The van der Waals surface area contributed by atoms with Crippen LogP contribution in [-0.2, 0) is 0 Å². The molecule has 0 saturated carbocycles. The summed E-state index contributed by atoms with van der Waals surface area (Å²) >= 11 is 0. The van der Waals surface area contributed by atoms with Crippen molar-refractivity contribution in [1.82, 2.24) is 15.0 Å². The number of nitrogens with zero attached hydrogens (tertiary/aromatic N) is 3. The first-order valence-electron chi connectivity index (χ1n) is 18.5. The average molecular weight is 702 g/mol. The predicted octanol–water partition coefficient (Wildman–Crippen LogP) is 13.6. The molecule has 0 aliphatic carbocycles. The van der Waals surface area contributed by atoms with Gasteiger partial charge in [0.15, 0.2) is 17.5 Å². The van der Waals surface area contributed by atoms with Crippen molar-refractivity contribution in [3.63, 3.8) is 0 Å². The van der Waals surface area contributed by atoms with Crippen molar-refractivity contribution in [3.05, 3.63) is 188 Å². The second kappa shape index (κ2) is 12.6. The summed E-state index contributed by atoms with van der Waals surface area (Å²) in [6.45, 7) is 0. The summed E-state index contributed by atoms with van der Waals surface area (Å²) in [4.78, 5) is 15.6. The molecule has 0 radical (unpaired) electrons. The highest BCUT2D eigenvalue weighted by Crippen LogP contribution is 2.44. The fourth-order valence-corrected chi connectivity index (χ4v) is 7.97. The molecule has 4 nitrogen and oxygen atoms in total. The molecule has 0 aliphatic rings. The topological polar surface area (TPSA) is 51.8 Å². The second-order valence-electron chi connectivity index (χ2n) is 14.0. The minimum Gasteiger partial charge on any atom is -0.455 e. The molecule has 0 aliphatic heterocycles. The van der Waals surface area contributed by atoms with Gasteiger partial charge in [-0.25, -0.2) is 15.0 Å². The molecule has 0 amide bonds. The second-order valence-corrected chi connectivity index (χ2v) is 14.0. The number of fused-ring (bicyclic) bond motifs is 6. The Morgan fingerprint density at radius 1 is 0.327 bits per heavy atom. The molecule has 0 N–H and O–H groups in total. The molecule has 4 heteroatoms. The molecule has 2 heterocycles. The zero-order chi connectivity index (χ0) is 36.3. The van der Waals surface area contributed by atoms with Crippen molar-refractivity contribution in [3.8, 4) is 56.4 Å². The predicted molar refractivity (Wildman–Crippen MR) is 227 cm³/mol. The molecular formula is C51H31N3O. The third-order valence-electron chi connectivity index (χ3n) is 10.7. The Morgan fingerprint density at radius 2 is 0.855 bits per heavy atom. The fourth-order valence-electron chi connectivity index (χ4n) is 7.97. The van der Waals surface area contributed by atoms with E-state index in [1.807, 2.05) is 18.2 Å². The van der Waals surface area contributed by atoms with Crippen molar-refractivity contribution in [2.75, 3.05) is 0 Å². The molecule has 55 heavy (non-hydrogen) atoms. The van der Waals surface area contributed by atoms with Gasteiger partial charge in [0.2, 0.25) is 0 Å². The van der Waals surface area contributed by atoms with Crippen LogP contribution in [0.15, 0.2) is 192 Å². The highest BCUT2D eigenvalue weighted by atomic mass is 16.3. The van der Waals surface area contributed by atoms with Gasteiger partial charge in [-0.05, 0) is 73.3 Å². The lowest BCUT2D eigenvalue weighted by molar-refractivity contribution is 0.670. The van der Waals surface area contributed by atoms with E-state index in [-0.39, 0.29) is 0 Å². The van der Waals surface area contributed by atoms with Gasteiger partial charge in [-0.1, -0.05) is 164 Å². The van der Waals surface area contributed by atoms with E-state index in [0.29, 0.717) is 17.5 Å². The smallest absolute Gasteiger partial charge is 0.164 e. The van der Waals surface area contributed by atoms with Crippen molar-refractivity contribution < 1.29 is 4.42 Å². The van der Waals surface area contributed by atoms with Crippen LogP contribution in [0.2, 0.25) is 0 Å². The van der Waals surface area contributed by atoms with Gasteiger partial charge in [-0.3, -0.25) is 0 Å². The van der Waals surface area contributed by atoms with Gasteiger partial charge in [0, 0.05) is 33.0 Å². The number of hydrogen-bond donors (Lipinski definition) is 0. The first-order valence-corrected chi connectivity index (χ1v) is 18.5. The number of rotatable bonds is 5. The lowest BCUT2D eigenvalue weighted by Gasteiger charge is -2.11. The van der Waals surface area contributed by atoms with E-state index in [0.717, 1.165) is 71.3 Å². The summed E-state index contributed by atoms with van der Waals surface area (Å²) in [6, 6.07) is 65.8. The first-order chi connectivity index (χ1) is 27.2. The summed E-state index contributed by atoms with van der Waals surface area (Å²) < 4.78 is 6.88. The Hall–Kier alpha value is -7.43. The highest BCUT2D eigenvalue weighted by Gasteiger charge is 2.21. The monoisotopic (exact) mass is 701 g/mol. The largest absolute Gasteiger partial charge is 0.455 e. The maximum atomic E-state index is 6.88. The lowest BCUT2D eigenvalue weighted by Crippen LogP contribution is -2.00. The first kappa shape index (κ1) is 31.1. The van der Waals surface area contributed by atoms with Gasteiger partial charge in [0.1, 0.15) is 11.2 Å². The molecule has 256 valence electrons. The molecule has 0 bridgehead atoms. The van der Waals surface area contributed by atoms with E-state index in [1.54, 1.807) is 0 Å². The Labute approximate surface area is 317 Å². The molecule has 9 aromatic carbocycles. The van der Waals surface area contributed by atoms with Crippen molar-refractivity contribution in [2.45, 2.75) is 0 Å². The molecule has 11 aromatic rings. The third-order valence-corrected chi connectivity index (χ3v) is 10.7. The molecule has 2 aromatic heterocycles. The zero-order valence-corrected chi connectivity index (χ0v) is 29.6. The van der Waals surface area contributed by atoms with E-state index >= 15 is 0 Å². The van der Waals surface area contributed by atoms with Gasteiger partial charge in [-0.2, -0.15) is 0 Å². The van der Waals surface area contributed by atoms with Crippen LogP contribution in [0.4, 0.5) is 0 Å². The summed E-state index contributed by atoms with van der Waals surface area (Å²) in [5.41, 5.74) is 8.90. The summed E-state index contributed by atoms with van der Waals surface area (Å²) in [5.74, 6) is 1.83. The maximum absolute atomic E-state index is 6.88. The van der Waals surface area contributed by atoms with E-state index in [9.17, 15) is 0 Å². The molecule has 0 spiro atoms. The van der Waals surface area contributed by atoms with Gasteiger partial charge in [0.05, 0.1) is 0 Å². The van der Waals surface area contributed by atoms with E-state index in [1.165, 1.54) is 21.9 Å². The maximum Gasteiger partial charge on any atom is 0.164 e. The molecule has 0 atom stereocenters. The summed E-state index contributed by atoms with van der Waals surface area (Å²) in [5, 5.41) is 8.88. The number of furan rings is 1. The quantitative estimate of drug-likeness (QED) is 0.179.